The highest BCUT2D eigenvalue weighted by Crippen LogP contribution is 2.47. The smallest absolute Gasteiger partial charge is 0.399 e. The van der Waals surface area contributed by atoms with Gasteiger partial charge in [-0.1, -0.05) is 13.0 Å². The standard InChI is InChI=1S/C23H28BFN2O3/c1-13-9-18(25)14(10-17(13)24-29-21(2,3)22(4,5)30-24)16-12-27-19(23(6)7-8-23)11-15(16)20(26)28/h9-12H,7-8H2,1-6H3,(H2,26,28). The van der Waals surface area contributed by atoms with Crippen LogP contribution < -0.4 is 11.2 Å². The maximum Gasteiger partial charge on any atom is 0.495 e. The fourth-order valence-electron chi connectivity index (χ4n) is 3.77. The largest absolute Gasteiger partial charge is 0.495 e. The minimum atomic E-state index is -0.635. The number of hydrogen-bond donors (Lipinski definition) is 1. The third kappa shape index (κ3) is 3.34. The minimum Gasteiger partial charge on any atom is -0.399 e. The molecule has 1 aliphatic heterocycles. The van der Waals surface area contributed by atoms with E-state index in [1.165, 1.54) is 6.07 Å². The molecule has 1 aromatic heterocycles. The summed E-state index contributed by atoms with van der Waals surface area (Å²) in [6.45, 7) is 11.8. The van der Waals surface area contributed by atoms with Gasteiger partial charge in [-0.05, 0) is 70.6 Å². The van der Waals surface area contributed by atoms with Crippen LogP contribution in [0.1, 0.15) is 69.1 Å². The number of carbonyl (C=O) groups excluding carboxylic acids is 1. The molecule has 4 rings (SSSR count). The SMILES string of the molecule is Cc1cc(F)c(-c2cnc(C3(C)CC3)cc2C(N)=O)cc1B1OC(C)(C)C(C)(C)O1. The molecule has 1 aliphatic carbocycles. The maximum atomic E-state index is 15.0. The summed E-state index contributed by atoms with van der Waals surface area (Å²) in [4.78, 5) is 16.7. The number of carbonyl (C=O) groups is 1. The van der Waals surface area contributed by atoms with Crippen LogP contribution in [-0.2, 0) is 14.7 Å². The Hall–Kier alpha value is -2.25. The van der Waals surface area contributed by atoms with Crippen molar-refractivity contribution in [3.8, 4) is 11.1 Å². The Kier molecular flexibility index (Phi) is 4.64. The van der Waals surface area contributed by atoms with Crippen molar-refractivity contribution in [1.82, 2.24) is 4.98 Å². The molecule has 1 aromatic carbocycles. The molecule has 2 heterocycles. The highest BCUT2D eigenvalue weighted by Gasteiger charge is 2.52. The lowest BCUT2D eigenvalue weighted by atomic mass is 9.74. The van der Waals surface area contributed by atoms with Crippen LogP contribution in [0, 0.1) is 12.7 Å². The van der Waals surface area contributed by atoms with Crippen LogP contribution in [0.5, 0.6) is 0 Å². The van der Waals surface area contributed by atoms with E-state index in [1.54, 1.807) is 18.3 Å². The Morgan fingerprint density at radius 3 is 2.20 bits per heavy atom. The summed E-state index contributed by atoms with van der Waals surface area (Å²) in [5, 5.41) is 0. The van der Waals surface area contributed by atoms with E-state index >= 15 is 4.39 Å². The van der Waals surface area contributed by atoms with Crippen molar-refractivity contribution in [1.29, 1.82) is 0 Å². The first kappa shape index (κ1) is 21.0. The van der Waals surface area contributed by atoms with Gasteiger partial charge in [0, 0.05) is 28.4 Å². The number of benzene rings is 1. The first-order valence-electron chi connectivity index (χ1n) is 10.3. The van der Waals surface area contributed by atoms with Gasteiger partial charge in [-0.2, -0.15) is 0 Å². The summed E-state index contributed by atoms with van der Waals surface area (Å²) in [5.74, 6) is -1.04. The minimum absolute atomic E-state index is 0.0254. The van der Waals surface area contributed by atoms with Crippen molar-refractivity contribution in [2.24, 2.45) is 5.73 Å². The zero-order chi connectivity index (χ0) is 22.1. The van der Waals surface area contributed by atoms with E-state index in [-0.39, 0.29) is 16.5 Å². The van der Waals surface area contributed by atoms with E-state index in [0.29, 0.717) is 11.1 Å². The monoisotopic (exact) mass is 410 g/mol. The highest BCUT2D eigenvalue weighted by molar-refractivity contribution is 6.62. The van der Waals surface area contributed by atoms with Crippen molar-refractivity contribution in [2.75, 3.05) is 0 Å². The van der Waals surface area contributed by atoms with Crippen molar-refractivity contribution in [3.63, 3.8) is 0 Å². The lowest BCUT2D eigenvalue weighted by Gasteiger charge is -2.32. The number of halogens is 1. The van der Waals surface area contributed by atoms with Crippen LogP contribution in [-0.4, -0.2) is 29.2 Å². The first-order valence-corrected chi connectivity index (χ1v) is 10.3. The molecule has 7 heteroatoms. The fraction of sp³-hybridized carbons (Fsp3) is 0.478. The maximum absolute atomic E-state index is 15.0. The van der Waals surface area contributed by atoms with Gasteiger partial charge in [0.1, 0.15) is 5.82 Å². The number of primary amides is 1. The zero-order valence-corrected chi connectivity index (χ0v) is 18.4. The van der Waals surface area contributed by atoms with Crippen LogP contribution in [0.25, 0.3) is 11.1 Å². The van der Waals surface area contributed by atoms with Crippen LogP contribution in [0.3, 0.4) is 0 Å². The van der Waals surface area contributed by atoms with E-state index in [9.17, 15) is 4.79 Å². The van der Waals surface area contributed by atoms with Crippen LogP contribution >= 0.6 is 0 Å². The van der Waals surface area contributed by atoms with Gasteiger partial charge in [-0.25, -0.2) is 4.39 Å². The molecule has 0 unspecified atom stereocenters. The molecule has 0 atom stereocenters. The Morgan fingerprint density at radius 2 is 1.67 bits per heavy atom. The van der Waals surface area contributed by atoms with Gasteiger partial charge in [0.05, 0.1) is 16.8 Å². The summed E-state index contributed by atoms with van der Waals surface area (Å²) in [7, 11) is -0.635. The molecule has 1 amide bonds. The second kappa shape index (κ2) is 6.63. The molecule has 1 saturated carbocycles. The Labute approximate surface area is 177 Å². The summed E-state index contributed by atoms with van der Waals surface area (Å²) >= 11 is 0. The number of nitrogens with zero attached hydrogens (tertiary/aromatic N) is 1. The van der Waals surface area contributed by atoms with E-state index in [1.807, 2.05) is 34.6 Å². The number of nitrogens with two attached hydrogens (primary N) is 1. The fourth-order valence-corrected chi connectivity index (χ4v) is 3.77. The number of hydrogen-bond acceptors (Lipinski definition) is 4. The van der Waals surface area contributed by atoms with Gasteiger partial charge in [-0.3, -0.25) is 9.78 Å². The second-order valence-corrected chi connectivity index (χ2v) is 9.82. The topological polar surface area (TPSA) is 74.4 Å². The van der Waals surface area contributed by atoms with Gasteiger partial charge >= 0.3 is 7.12 Å². The molecule has 0 spiro atoms. The third-order valence-corrected chi connectivity index (χ3v) is 6.94. The summed E-state index contributed by atoms with van der Waals surface area (Å²) < 4.78 is 27.4. The van der Waals surface area contributed by atoms with Crippen molar-refractivity contribution in [2.45, 2.75) is 71.0 Å². The molecule has 1 saturated heterocycles. The molecule has 30 heavy (non-hydrogen) atoms. The number of rotatable bonds is 4. The van der Waals surface area contributed by atoms with Crippen molar-refractivity contribution < 1.29 is 18.5 Å². The van der Waals surface area contributed by atoms with Gasteiger partial charge < -0.3 is 15.0 Å². The Bertz CT molecular complexity index is 1030. The van der Waals surface area contributed by atoms with Crippen LogP contribution in [0.15, 0.2) is 24.4 Å². The van der Waals surface area contributed by atoms with E-state index in [0.717, 1.165) is 24.0 Å². The van der Waals surface area contributed by atoms with Crippen molar-refractivity contribution >= 4 is 18.5 Å². The number of aryl methyl sites for hydroxylation is 1. The van der Waals surface area contributed by atoms with E-state index < -0.39 is 30.0 Å². The normalized spacial score (nSPS) is 21.0. The summed E-state index contributed by atoms with van der Waals surface area (Å²) in [6.07, 6.45) is 3.59. The molecular formula is C23H28BFN2O3. The second-order valence-electron chi connectivity index (χ2n) is 9.82. The lowest BCUT2D eigenvalue weighted by molar-refractivity contribution is 0.00578. The molecule has 2 aromatic rings. The number of amides is 1. The lowest BCUT2D eigenvalue weighted by Crippen LogP contribution is -2.41. The van der Waals surface area contributed by atoms with Crippen molar-refractivity contribution in [3.05, 3.63) is 47.0 Å². The average molecular weight is 410 g/mol. The predicted molar refractivity (Wildman–Crippen MR) is 115 cm³/mol. The molecule has 0 radical (unpaired) electrons. The molecule has 2 N–H and O–H groups in total. The van der Waals surface area contributed by atoms with Gasteiger partial charge in [-0.15, -0.1) is 0 Å². The van der Waals surface area contributed by atoms with E-state index in [2.05, 4.69) is 11.9 Å². The third-order valence-electron chi connectivity index (χ3n) is 6.94. The van der Waals surface area contributed by atoms with Gasteiger partial charge in [0.25, 0.3) is 0 Å². The summed E-state index contributed by atoms with van der Waals surface area (Å²) in [5.41, 5.74) is 7.77. The molecule has 158 valence electrons. The van der Waals surface area contributed by atoms with Crippen LogP contribution in [0.4, 0.5) is 4.39 Å². The molecule has 2 fully saturated rings. The van der Waals surface area contributed by atoms with E-state index in [4.69, 9.17) is 15.0 Å². The molecule has 2 aliphatic rings. The Balaban J connectivity index is 1.81. The van der Waals surface area contributed by atoms with Crippen LogP contribution in [0.2, 0.25) is 0 Å². The molecule has 5 nitrogen and oxygen atoms in total. The van der Waals surface area contributed by atoms with Gasteiger partial charge in [0.15, 0.2) is 0 Å². The highest BCUT2D eigenvalue weighted by atomic mass is 19.1. The quantitative estimate of drug-likeness (QED) is 0.781. The van der Waals surface area contributed by atoms with Gasteiger partial charge in [0.2, 0.25) is 5.91 Å². The number of pyridine rings is 1. The molecular weight excluding hydrogens is 382 g/mol. The summed E-state index contributed by atoms with van der Waals surface area (Å²) in [6, 6.07) is 4.84. The predicted octanol–water partition coefficient (Wildman–Crippen LogP) is 3.65. The zero-order valence-electron chi connectivity index (χ0n) is 18.4. The average Bonchev–Trinajstić information content (AvgIpc) is 3.34. The number of aromatic nitrogens is 1. The molecule has 0 bridgehead atoms. The first-order chi connectivity index (χ1) is 13.8. The Morgan fingerprint density at radius 1 is 1.07 bits per heavy atom.